The maximum atomic E-state index is 15.2. The van der Waals surface area contributed by atoms with Crippen LogP contribution >= 0.6 is 7.75 Å². The number of ether oxygens (including phenoxy) is 4. The zero-order chi connectivity index (χ0) is 47.4. The van der Waals surface area contributed by atoms with Crippen molar-refractivity contribution in [2.24, 2.45) is 10.7 Å². The molecule has 0 radical (unpaired) electrons. The molecule has 4 N–H and O–H groups in total. The van der Waals surface area contributed by atoms with Crippen LogP contribution in [0, 0.1) is 18.3 Å². The van der Waals surface area contributed by atoms with Crippen LogP contribution in [0.4, 0.5) is 5.82 Å². The Labute approximate surface area is 385 Å². The molecule has 0 spiro atoms. The van der Waals surface area contributed by atoms with Crippen LogP contribution in [0.25, 0.3) is 0 Å². The SMILES string of the molecule is COc1ccc(C(OC[C@H]2O[C@@H](n3cc(C)c(N=C(N)NNC(=O)c4ccccc4)nc3=O)C[C@@H]2OP(=O)(OCCC#N)N(C(C)C)C(C)C)(c2ccccc2)c2ccc(OC)cc2)cc1. The average molecular weight is 921 g/mol. The van der Waals surface area contributed by atoms with Gasteiger partial charge in [0.25, 0.3) is 5.91 Å². The van der Waals surface area contributed by atoms with Crippen molar-refractivity contribution in [2.75, 3.05) is 27.4 Å². The third-order valence-corrected chi connectivity index (χ3v) is 13.4. The highest BCUT2D eigenvalue weighted by Gasteiger charge is 2.48. The van der Waals surface area contributed by atoms with Gasteiger partial charge in [0.1, 0.15) is 35.5 Å². The van der Waals surface area contributed by atoms with Crippen molar-refractivity contribution in [2.45, 2.75) is 83.6 Å². The zero-order valence-electron chi connectivity index (χ0n) is 38.1. The third kappa shape index (κ3) is 11.3. The summed E-state index contributed by atoms with van der Waals surface area (Å²) >= 11 is 0. The van der Waals surface area contributed by atoms with Gasteiger partial charge in [-0.3, -0.25) is 29.3 Å². The molecule has 1 aliphatic rings. The molecule has 348 valence electrons. The predicted molar refractivity (Wildman–Crippen MR) is 249 cm³/mol. The van der Waals surface area contributed by atoms with Crippen LogP contribution in [0.3, 0.4) is 0 Å². The van der Waals surface area contributed by atoms with Gasteiger partial charge in [-0.05, 0) is 87.7 Å². The standard InChI is InChI=1S/C48H57N8O9P/c1-32(2)56(33(3)4)66(59,63-28-14-27-49)65-41-29-43(55-30-34(5)44(52-47(55)58)51-46(50)54-53-45(57)35-15-10-8-11-16-35)64-42(41)31-62-48(36-17-12-9-13-18-36,37-19-23-39(60-6)24-20-37)38-21-25-40(61-7)26-22-38/h8-13,15-26,30,32-33,41-43H,14,28-29,31H2,1-7H3,(H,53,57)(H3,50,51,52,54,58)/t41-,42+,43+,66?/m0/s1. The van der Waals surface area contributed by atoms with Gasteiger partial charge < -0.3 is 24.7 Å². The fourth-order valence-corrected chi connectivity index (χ4v) is 10.2. The summed E-state index contributed by atoms with van der Waals surface area (Å²) in [5, 5.41) is 9.40. The molecule has 17 nitrogen and oxygen atoms in total. The van der Waals surface area contributed by atoms with Crippen LogP contribution in [0.15, 0.2) is 125 Å². The lowest BCUT2D eigenvalue weighted by Crippen LogP contribution is -2.45. The fraction of sp³-hybridized carbons (Fsp3) is 0.354. The molecular formula is C48H57N8O9P. The number of aliphatic imine (C=N–C) groups is 1. The van der Waals surface area contributed by atoms with E-state index in [1.807, 2.05) is 113 Å². The first-order valence-corrected chi connectivity index (χ1v) is 23.0. The number of rotatable bonds is 19. The van der Waals surface area contributed by atoms with E-state index in [0.29, 0.717) is 22.6 Å². The monoisotopic (exact) mass is 920 g/mol. The molecule has 1 saturated heterocycles. The number of hydrogen-bond acceptors (Lipinski definition) is 12. The van der Waals surface area contributed by atoms with Gasteiger partial charge in [-0.1, -0.05) is 72.8 Å². The van der Waals surface area contributed by atoms with E-state index >= 15 is 4.57 Å². The van der Waals surface area contributed by atoms with Crippen molar-refractivity contribution in [3.05, 3.63) is 154 Å². The van der Waals surface area contributed by atoms with Crippen LogP contribution in [0.2, 0.25) is 0 Å². The number of aromatic nitrogens is 2. The number of amides is 1. The summed E-state index contributed by atoms with van der Waals surface area (Å²) in [7, 11) is -0.969. The lowest BCUT2D eigenvalue weighted by atomic mass is 9.80. The number of benzene rings is 4. The molecule has 2 heterocycles. The van der Waals surface area contributed by atoms with Gasteiger partial charge in [-0.15, -0.1) is 0 Å². The fourth-order valence-electron chi connectivity index (χ4n) is 7.91. The molecule has 1 fully saturated rings. The van der Waals surface area contributed by atoms with Crippen LogP contribution in [-0.4, -0.2) is 77.8 Å². The highest BCUT2D eigenvalue weighted by molar-refractivity contribution is 7.51. The van der Waals surface area contributed by atoms with Gasteiger partial charge in [0.15, 0.2) is 5.82 Å². The summed E-state index contributed by atoms with van der Waals surface area (Å²) in [6.07, 6.45) is -1.40. The molecule has 0 saturated carbocycles. The number of nitrogens with two attached hydrogens (primary N) is 1. The first kappa shape index (κ1) is 49.1. The van der Waals surface area contributed by atoms with E-state index in [1.165, 1.54) is 10.8 Å². The topological polar surface area (TPSA) is 214 Å². The van der Waals surface area contributed by atoms with Crippen molar-refractivity contribution in [1.82, 2.24) is 25.1 Å². The molecule has 1 amide bonds. The molecule has 1 aliphatic heterocycles. The number of carbonyl (C=O) groups is 1. The van der Waals surface area contributed by atoms with Crippen molar-refractivity contribution in [3.8, 4) is 17.6 Å². The molecule has 0 aliphatic carbocycles. The van der Waals surface area contributed by atoms with Gasteiger partial charge >= 0.3 is 13.4 Å². The number of nitrogens with one attached hydrogen (secondary N) is 2. The molecule has 1 unspecified atom stereocenters. The summed E-state index contributed by atoms with van der Waals surface area (Å²) in [6, 6.07) is 34.8. The number of guanidine groups is 1. The van der Waals surface area contributed by atoms with Gasteiger partial charge in [-0.2, -0.15) is 15.2 Å². The summed E-state index contributed by atoms with van der Waals surface area (Å²) < 4.78 is 55.9. The second-order valence-electron chi connectivity index (χ2n) is 16.0. The first-order valence-electron chi connectivity index (χ1n) is 21.5. The van der Waals surface area contributed by atoms with Gasteiger partial charge in [0.2, 0.25) is 5.96 Å². The van der Waals surface area contributed by atoms with Crippen molar-refractivity contribution < 1.29 is 37.4 Å². The number of nitrogens with zero attached hydrogens (tertiary/aromatic N) is 5. The van der Waals surface area contributed by atoms with E-state index in [0.717, 1.165) is 16.7 Å². The van der Waals surface area contributed by atoms with Gasteiger partial charge in [-0.25, -0.2) is 14.0 Å². The van der Waals surface area contributed by atoms with Gasteiger partial charge in [0.05, 0.1) is 39.9 Å². The van der Waals surface area contributed by atoms with E-state index in [9.17, 15) is 14.9 Å². The van der Waals surface area contributed by atoms with E-state index in [4.69, 9.17) is 33.7 Å². The average Bonchev–Trinajstić information content (AvgIpc) is 3.71. The molecule has 18 heteroatoms. The Morgan fingerprint density at radius 3 is 2.03 bits per heavy atom. The lowest BCUT2D eigenvalue weighted by molar-refractivity contribution is -0.0938. The molecule has 0 bridgehead atoms. The number of nitriles is 1. The number of hydrazine groups is 1. The van der Waals surface area contributed by atoms with Crippen molar-refractivity contribution in [1.29, 1.82) is 5.26 Å². The maximum absolute atomic E-state index is 15.2. The van der Waals surface area contributed by atoms with Crippen molar-refractivity contribution in [3.63, 3.8) is 0 Å². The summed E-state index contributed by atoms with van der Waals surface area (Å²) in [5.41, 5.74) is 12.3. The number of carbonyl (C=O) groups excluding carboxylic acids is 1. The molecule has 66 heavy (non-hydrogen) atoms. The molecule has 5 aromatic rings. The number of methoxy groups -OCH3 is 2. The molecular weight excluding hydrogens is 864 g/mol. The Hall–Kier alpha value is -6.38. The predicted octanol–water partition coefficient (Wildman–Crippen LogP) is 7.29. The Bertz CT molecular complexity index is 2510. The van der Waals surface area contributed by atoms with Crippen molar-refractivity contribution >= 4 is 25.4 Å². The Balaban J connectivity index is 1.39. The second-order valence-corrected chi connectivity index (χ2v) is 17.8. The quantitative estimate of drug-likeness (QED) is 0.0185. The Kier molecular flexibility index (Phi) is 16.5. The van der Waals surface area contributed by atoms with Crippen LogP contribution in [-0.2, 0) is 28.7 Å². The lowest BCUT2D eigenvalue weighted by Gasteiger charge is -2.39. The molecule has 1 aromatic heterocycles. The second kappa shape index (κ2) is 22.2. The molecule has 4 aromatic carbocycles. The normalized spacial score (nSPS) is 17.3. The van der Waals surface area contributed by atoms with Crippen LogP contribution in [0.1, 0.15) is 79.4 Å². The van der Waals surface area contributed by atoms with E-state index in [2.05, 4.69) is 20.8 Å². The Morgan fingerprint density at radius 1 is 0.924 bits per heavy atom. The largest absolute Gasteiger partial charge is 0.497 e. The summed E-state index contributed by atoms with van der Waals surface area (Å²) in [6.45, 7) is 8.94. The van der Waals surface area contributed by atoms with Gasteiger partial charge in [0, 0.05) is 35.8 Å². The summed E-state index contributed by atoms with van der Waals surface area (Å²) in [5.74, 6) is 0.654. The highest BCUT2D eigenvalue weighted by atomic mass is 31.2. The molecule has 6 rings (SSSR count). The van der Waals surface area contributed by atoms with E-state index < -0.39 is 43.4 Å². The summed E-state index contributed by atoms with van der Waals surface area (Å²) in [4.78, 5) is 34.9. The molecule has 4 atom stereocenters. The number of hydrogen-bond donors (Lipinski definition) is 3. The van der Waals surface area contributed by atoms with E-state index in [-0.39, 0.29) is 49.9 Å². The smallest absolute Gasteiger partial charge is 0.409 e. The van der Waals surface area contributed by atoms with Crippen LogP contribution in [0.5, 0.6) is 11.5 Å². The minimum absolute atomic E-state index is 0.00687. The zero-order valence-corrected chi connectivity index (χ0v) is 39.0. The van der Waals surface area contributed by atoms with E-state index in [1.54, 1.807) is 56.1 Å². The minimum Gasteiger partial charge on any atom is -0.497 e. The maximum Gasteiger partial charge on any atom is 0.409 e. The minimum atomic E-state index is -4.16. The highest BCUT2D eigenvalue weighted by Crippen LogP contribution is 2.57. The Morgan fingerprint density at radius 2 is 1.48 bits per heavy atom. The first-order chi connectivity index (χ1) is 31.7. The number of aryl methyl sites for hydroxylation is 1. The van der Waals surface area contributed by atoms with Crippen LogP contribution < -0.4 is 31.7 Å². The third-order valence-electron chi connectivity index (χ3n) is 10.9.